The molecule has 8 nitrogen and oxygen atoms in total. The van der Waals surface area contributed by atoms with Crippen LogP contribution in [-0.4, -0.2) is 59.7 Å². The van der Waals surface area contributed by atoms with Gasteiger partial charge in [-0.1, -0.05) is 30.3 Å². The van der Waals surface area contributed by atoms with Crippen molar-refractivity contribution in [2.45, 2.75) is 38.0 Å². The van der Waals surface area contributed by atoms with E-state index in [1.165, 1.54) is 10.5 Å². The zero-order chi connectivity index (χ0) is 23.1. The molecule has 1 fully saturated rings. The lowest BCUT2D eigenvalue weighted by Gasteiger charge is -2.29. The maximum atomic E-state index is 13.2. The minimum absolute atomic E-state index is 0.192. The first-order valence-corrected chi connectivity index (χ1v) is 11.1. The summed E-state index contributed by atoms with van der Waals surface area (Å²) in [7, 11) is 1.73. The summed E-state index contributed by atoms with van der Waals surface area (Å²) >= 11 is 0. The zero-order valence-corrected chi connectivity index (χ0v) is 18.4. The molecule has 0 aliphatic carbocycles. The summed E-state index contributed by atoms with van der Waals surface area (Å²) < 4.78 is 5.93. The Morgan fingerprint density at radius 2 is 1.94 bits per heavy atom. The molecule has 0 saturated carbocycles. The highest BCUT2D eigenvalue weighted by molar-refractivity contribution is 6.06. The Morgan fingerprint density at radius 1 is 1.12 bits per heavy atom. The predicted octanol–water partition coefficient (Wildman–Crippen LogP) is 1.83. The molecule has 33 heavy (non-hydrogen) atoms. The fourth-order valence-electron chi connectivity index (χ4n) is 4.87. The van der Waals surface area contributed by atoms with Crippen molar-refractivity contribution in [2.75, 3.05) is 20.2 Å². The van der Waals surface area contributed by atoms with Gasteiger partial charge >= 0.3 is 0 Å². The van der Waals surface area contributed by atoms with Crippen LogP contribution >= 0.6 is 0 Å². The average Bonchev–Trinajstić information content (AvgIpc) is 3.14. The number of rotatable bonds is 4. The van der Waals surface area contributed by atoms with Gasteiger partial charge in [-0.2, -0.15) is 0 Å². The maximum absolute atomic E-state index is 13.2. The summed E-state index contributed by atoms with van der Waals surface area (Å²) in [4.78, 5) is 53.0. The van der Waals surface area contributed by atoms with Gasteiger partial charge in [0.25, 0.3) is 11.8 Å². The van der Waals surface area contributed by atoms with Crippen LogP contribution in [0.25, 0.3) is 0 Å². The number of ether oxygens (including phenoxy) is 1. The molecule has 3 aliphatic rings. The molecule has 2 atom stereocenters. The van der Waals surface area contributed by atoms with E-state index in [-0.39, 0.29) is 36.8 Å². The lowest BCUT2D eigenvalue weighted by atomic mass is 9.97. The third-order valence-corrected chi connectivity index (χ3v) is 6.65. The Kier molecular flexibility index (Phi) is 5.46. The van der Waals surface area contributed by atoms with Gasteiger partial charge in [0.05, 0.1) is 13.2 Å². The number of amides is 4. The third-order valence-electron chi connectivity index (χ3n) is 6.65. The maximum Gasteiger partial charge on any atom is 0.255 e. The molecule has 170 valence electrons. The third kappa shape index (κ3) is 3.91. The lowest BCUT2D eigenvalue weighted by Crippen LogP contribution is -2.52. The molecule has 3 heterocycles. The molecule has 3 aliphatic heterocycles. The van der Waals surface area contributed by atoms with Gasteiger partial charge < -0.3 is 14.5 Å². The number of carbonyl (C=O) groups is 4. The van der Waals surface area contributed by atoms with E-state index in [9.17, 15) is 19.2 Å². The first kappa shape index (κ1) is 21.3. The first-order valence-electron chi connectivity index (χ1n) is 11.1. The van der Waals surface area contributed by atoms with E-state index in [1.54, 1.807) is 30.1 Å². The summed E-state index contributed by atoms with van der Waals surface area (Å²) in [6.45, 7) is 1.31. The Bertz CT molecular complexity index is 1160. The first-order chi connectivity index (χ1) is 15.9. The Hall–Kier alpha value is -3.52. The minimum Gasteiger partial charge on any atom is -0.371 e. The molecule has 0 radical (unpaired) electrons. The number of hydrogen-bond acceptors (Lipinski definition) is 5. The van der Waals surface area contributed by atoms with E-state index in [2.05, 4.69) is 11.4 Å². The summed E-state index contributed by atoms with van der Waals surface area (Å²) in [5.74, 6) is -1.25. The van der Waals surface area contributed by atoms with Crippen molar-refractivity contribution in [2.24, 2.45) is 0 Å². The number of carbonyl (C=O) groups excluding carboxylic acids is 4. The number of imide groups is 1. The second-order valence-electron chi connectivity index (χ2n) is 8.77. The van der Waals surface area contributed by atoms with Crippen LogP contribution < -0.4 is 5.32 Å². The molecule has 0 aromatic heterocycles. The molecule has 0 spiro atoms. The fourth-order valence-corrected chi connectivity index (χ4v) is 4.87. The SMILES string of the molecule is CN(CC1OCCc2ccccc21)C(=O)c1ccc2c(c1)C(=O)N(C1CCC(=O)NC1=O)C2. The van der Waals surface area contributed by atoms with Crippen molar-refractivity contribution < 1.29 is 23.9 Å². The van der Waals surface area contributed by atoms with E-state index >= 15 is 0 Å². The highest BCUT2D eigenvalue weighted by atomic mass is 16.5. The number of likely N-dealkylation sites (N-methyl/N-ethyl adjacent to an activating group) is 1. The fraction of sp³-hybridized carbons (Fsp3) is 0.360. The van der Waals surface area contributed by atoms with Crippen molar-refractivity contribution >= 4 is 23.6 Å². The number of nitrogens with zero attached hydrogens (tertiary/aromatic N) is 2. The van der Waals surface area contributed by atoms with Gasteiger partial charge in [0.15, 0.2) is 0 Å². The van der Waals surface area contributed by atoms with Crippen LogP contribution in [0.4, 0.5) is 0 Å². The van der Waals surface area contributed by atoms with Crippen LogP contribution in [0.2, 0.25) is 0 Å². The molecular formula is C25H25N3O5. The highest BCUT2D eigenvalue weighted by Gasteiger charge is 2.39. The topological polar surface area (TPSA) is 96.0 Å². The van der Waals surface area contributed by atoms with E-state index in [1.807, 2.05) is 18.2 Å². The largest absolute Gasteiger partial charge is 0.371 e. The molecule has 1 N–H and O–H groups in total. The predicted molar refractivity (Wildman–Crippen MR) is 118 cm³/mol. The van der Waals surface area contributed by atoms with Gasteiger partial charge in [-0.25, -0.2) is 0 Å². The summed E-state index contributed by atoms with van der Waals surface area (Å²) in [5, 5.41) is 2.30. The summed E-state index contributed by atoms with van der Waals surface area (Å²) in [5.41, 5.74) is 3.96. The second-order valence-corrected chi connectivity index (χ2v) is 8.77. The van der Waals surface area contributed by atoms with Crippen molar-refractivity contribution in [3.8, 4) is 0 Å². The van der Waals surface area contributed by atoms with Gasteiger partial charge in [0, 0.05) is 31.1 Å². The van der Waals surface area contributed by atoms with Gasteiger partial charge in [-0.05, 0) is 41.7 Å². The number of piperidine rings is 1. The second kappa shape index (κ2) is 8.44. The quantitative estimate of drug-likeness (QED) is 0.722. The molecule has 5 rings (SSSR count). The molecule has 1 saturated heterocycles. The molecule has 8 heteroatoms. The van der Waals surface area contributed by atoms with E-state index in [0.29, 0.717) is 30.7 Å². The van der Waals surface area contributed by atoms with Crippen molar-refractivity contribution in [1.29, 1.82) is 0 Å². The van der Waals surface area contributed by atoms with Crippen LogP contribution in [0.5, 0.6) is 0 Å². The number of nitrogens with one attached hydrogen (secondary N) is 1. The Labute approximate surface area is 191 Å². The van der Waals surface area contributed by atoms with E-state index in [0.717, 1.165) is 17.5 Å². The van der Waals surface area contributed by atoms with Crippen molar-refractivity contribution in [1.82, 2.24) is 15.1 Å². The van der Waals surface area contributed by atoms with E-state index < -0.39 is 11.9 Å². The van der Waals surface area contributed by atoms with Crippen LogP contribution in [0, 0.1) is 0 Å². The van der Waals surface area contributed by atoms with Gasteiger partial charge in [-0.3, -0.25) is 24.5 Å². The summed E-state index contributed by atoms with van der Waals surface area (Å²) in [6, 6.07) is 12.5. The summed E-state index contributed by atoms with van der Waals surface area (Å²) in [6.07, 6.45) is 1.18. The molecule has 2 aromatic carbocycles. The molecule has 2 unspecified atom stereocenters. The molecular weight excluding hydrogens is 422 g/mol. The Morgan fingerprint density at radius 3 is 2.76 bits per heavy atom. The molecule has 4 amide bonds. The van der Waals surface area contributed by atoms with Gasteiger partial charge in [-0.15, -0.1) is 0 Å². The van der Waals surface area contributed by atoms with Crippen molar-refractivity contribution in [3.05, 3.63) is 70.3 Å². The van der Waals surface area contributed by atoms with Crippen LogP contribution in [-0.2, 0) is 27.3 Å². The smallest absolute Gasteiger partial charge is 0.255 e. The monoisotopic (exact) mass is 447 g/mol. The number of benzene rings is 2. The normalized spacial score (nSPS) is 22.0. The van der Waals surface area contributed by atoms with Gasteiger partial charge in [0.1, 0.15) is 12.1 Å². The highest BCUT2D eigenvalue weighted by Crippen LogP contribution is 2.30. The minimum atomic E-state index is -0.673. The van der Waals surface area contributed by atoms with Crippen LogP contribution in [0.3, 0.4) is 0 Å². The van der Waals surface area contributed by atoms with Crippen LogP contribution in [0.15, 0.2) is 42.5 Å². The number of hydrogen-bond donors (Lipinski definition) is 1. The Balaban J connectivity index is 1.31. The van der Waals surface area contributed by atoms with Crippen molar-refractivity contribution in [3.63, 3.8) is 0 Å². The van der Waals surface area contributed by atoms with Crippen LogP contribution in [0.1, 0.15) is 56.4 Å². The molecule has 2 aromatic rings. The number of fused-ring (bicyclic) bond motifs is 2. The average molecular weight is 447 g/mol. The zero-order valence-electron chi connectivity index (χ0n) is 18.4. The van der Waals surface area contributed by atoms with Gasteiger partial charge in [0.2, 0.25) is 11.8 Å². The lowest BCUT2D eigenvalue weighted by molar-refractivity contribution is -0.136. The van der Waals surface area contributed by atoms with E-state index in [4.69, 9.17) is 4.74 Å². The molecule has 0 bridgehead atoms. The standard InChI is InChI=1S/C25H25N3O5/c1-27(14-21-18-5-3-2-4-15(18)10-11-33-21)24(31)16-6-7-17-13-28(25(32)19(17)12-16)20-8-9-22(29)26-23(20)30/h2-7,12,20-21H,8-11,13-14H2,1H3,(H,26,29,30).